The summed E-state index contributed by atoms with van der Waals surface area (Å²) in [5, 5.41) is 6.53. The van der Waals surface area contributed by atoms with Crippen molar-refractivity contribution in [2.75, 3.05) is 13.1 Å². The van der Waals surface area contributed by atoms with E-state index in [4.69, 9.17) is 0 Å². The van der Waals surface area contributed by atoms with Crippen molar-refractivity contribution in [3.05, 3.63) is 35.4 Å². The Morgan fingerprint density at radius 1 is 1.29 bits per heavy atom. The van der Waals surface area contributed by atoms with Gasteiger partial charge < -0.3 is 15.5 Å². The Kier molecular flexibility index (Phi) is 5.19. The van der Waals surface area contributed by atoms with Crippen molar-refractivity contribution in [2.24, 2.45) is 5.92 Å². The quantitative estimate of drug-likeness (QED) is 0.882. The van der Waals surface area contributed by atoms with Gasteiger partial charge in [-0.05, 0) is 44.3 Å². The fourth-order valence-electron chi connectivity index (χ4n) is 3.60. The molecule has 2 aliphatic heterocycles. The number of carbonyl (C=O) groups excluding carboxylic acids is 2. The molecule has 2 amide bonds. The van der Waals surface area contributed by atoms with Gasteiger partial charge in [-0.25, -0.2) is 0 Å². The zero-order valence-electron chi connectivity index (χ0n) is 14.5. The van der Waals surface area contributed by atoms with Gasteiger partial charge >= 0.3 is 0 Å². The van der Waals surface area contributed by atoms with Crippen molar-refractivity contribution in [1.82, 2.24) is 15.5 Å². The van der Waals surface area contributed by atoms with E-state index < -0.39 is 0 Å². The van der Waals surface area contributed by atoms with Crippen LogP contribution in [-0.4, -0.2) is 41.9 Å². The van der Waals surface area contributed by atoms with Gasteiger partial charge in [0.05, 0.1) is 0 Å². The van der Waals surface area contributed by atoms with Gasteiger partial charge in [0.1, 0.15) is 6.04 Å². The first-order valence-electron chi connectivity index (χ1n) is 8.90. The number of carbonyl (C=O) groups is 2. The minimum atomic E-state index is -0.333. The Balaban J connectivity index is 1.65. The lowest BCUT2D eigenvalue weighted by atomic mass is 9.95. The van der Waals surface area contributed by atoms with Crippen LogP contribution >= 0.6 is 0 Å². The molecule has 1 aromatic carbocycles. The molecule has 3 unspecified atom stereocenters. The average molecular weight is 329 g/mol. The lowest BCUT2D eigenvalue weighted by Gasteiger charge is -2.32. The van der Waals surface area contributed by atoms with Crippen LogP contribution in [0.25, 0.3) is 0 Å². The van der Waals surface area contributed by atoms with Gasteiger partial charge in [0.2, 0.25) is 11.8 Å². The second kappa shape index (κ2) is 7.34. The highest BCUT2D eigenvalue weighted by atomic mass is 16.2. The van der Waals surface area contributed by atoms with Gasteiger partial charge in [-0.3, -0.25) is 9.59 Å². The molecule has 24 heavy (non-hydrogen) atoms. The van der Waals surface area contributed by atoms with E-state index in [-0.39, 0.29) is 23.9 Å². The molecule has 3 atom stereocenters. The number of likely N-dealkylation sites (tertiary alicyclic amines) is 1. The second-order valence-corrected chi connectivity index (χ2v) is 7.15. The number of hydrogen-bond donors (Lipinski definition) is 2. The number of hydrogen-bond acceptors (Lipinski definition) is 3. The van der Waals surface area contributed by atoms with Crippen molar-refractivity contribution >= 4 is 11.8 Å². The second-order valence-electron chi connectivity index (χ2n) is 7.15. The lowest BCUT2D eigenvalue weighted by molar-refractivity contribution is -0.136. The number of benzene rings is 1. The molecule has 0 spiro atoms. The SMILES string of the molecule is Cc1ccc(CN2C(=O)CCC2C(=O)NC2CCNCC2C)cc1. The molecule has 1 aromatic rings. The summed E-state index contributed by atoms with van der Waals surface area (Å²) in [6.07, 6.45) is 2.03. The van der Waals surface area contributed by atoms with E-state index in [2.05, 4.69) is 17.6 Å². The number of piperidine rings is 1. The van der Waals surface area contributed by atoms with E-state index in [0.717, 1.165) is 25.1 Å². The third-order valence-corrected chi connectivity index (χ3v) is 5.22. The largest absolute Gasteiger partial charge is 0.351 e. The number of rotatable bonds is 4. The van der Waals surface area contributed by atoms with Gasteiger partial charge in [0, 0.05) is 19.0 Å². The zero-order valence-corrected chi connectivity index (χ0v) is 14.5. The average Bonchev–Trinajstić information content (AvgIpc) is 2.93. The fourth-order valence-corrected chi connectivity index (χ4v) is 3.60. The monoisotopic (exact) mass is 329 g/mol. The van der Waals surface area contributed by atoms with E-state index in [1.54, 1.807) is 4.90 Å². The van der Waals surface area contributed by atoms with E-state index in [1.807, 2.05) is 31.2 Å². The topological polar surface area (TPSA) is 61.4 Å². The molecule has 0 bridgehead atoms. The zero-order chi connectivity index (χ0) is 17.1. The molecule has 0 radical (unpaired) electrons. The van der Waals surface area contributed by atoms with Crippen LogP contribution in [0.5, 0.6) is 0 Å². The summed E-state index contributed by atoms with van der Waals surface area (Å²) in [6, 6.07) is 8.02. The molecular formula is C19H27N3O2. The molecule has 0 aromatic heterocycles. The number of amides is 2. The molecule has 0 aliphatic carbocycles. The van der Waals surface area contributed by atoms with Crippen molar-refractivity contribution in [3.63, 3.8) is 0 Å². The summed E-state index contributed by atoms with van der Waals surface area (Å²) < 4.78 is 0. The highest BCUT2D eigenvalue weighted by Crippen LogP contribution is 2.23. The van der Waals surface area contributed by atoms with Crippen molar-refractivity contribution in [2.45, 2.75) is 51.7 Å². The Labute approximate surface area is 143 Å². The normalized spacial score (nSPS) is 27.3. The third kappa shape index (κ3) is 3.78. The Morgan fingerprint density at radius 3 is 2.75 bits per heavy atom. The van der Waals surface area contributed by atoms with Crippen LogP contribution in [-0.2, 0) is 16.1 Å². The van der Waals surface area contributed by atoms with Gasteiger partial charge in [0.25, 0.3) is 0 Å². The smallest absolute Gasteiger partial charge is 0.243 e. The molecule has 2 N–H and O–H groups in total. The van der Waals surface area contributed by atoms with Gasteiger partial charge in [0.15, 0.2) is 0 Å². The highest BCUT2D eigenvalue weighted by molar-refractivity contribution is 5.91. The first-order valence-corrected chi connectivity index (χ1v) is 8.90. The third-order valence-electron chi connectivity index (χ3n) is 5.22. The minimum Gasteiger partial charge on any atom is -0.351 e. The van der Waals surface area contributed by atoms with Crippen LogP contribution in [0.3, 0.4) is 0 Å². The van der Waals surface area contributed by atoms with Crippen molar-refractivity contribution in [1.29, 1.82) is 0 Å². The minimum absolute atomic E-state index is 0.00621. The van der Waals surface area contributed by atoms with E-state index in [0.29, 0.717) is 25.3 Å². The Hall–Kier alpha value is -1.88. The maximum absolute atomic E-state index is 12.7. The number of nitrogens with zero attached hydrogens (tertiary/aromatic N) is 1. The molecule has 2 aliphatic rings. The van der Waals surface area contributed by atoms with Crippen LogP contribution in [0, 0.1) is 12.8 Å². The molecular weight excluding hydrogens is 302 g/mol. The Morgan fingerprint density at radius 2 is 2.04 bits per heavy atom. The van der Waals surface area contributed by atoms with Gasteiger partial charge in [-0.1, -0.05) is 36.8 Å². The summed E-state index contributed by atoms with van der Waals surface area (Å²) in [7, 11) is 0. The molecule has 5 nitrogen and oxygen atoms in total. The highest BCUT2D eigenvalue weighted by Gasteiger charge is 2.37. The molecule has 5 heteroatoms. The van der Waals surface area contributed by atoms with Crippen LogP contribution in [0.15, 0.2) is 24.3 Å². The molecule has 0 saturated carbocycles. The number of aryl methyl sites for hydroxylation is 1. The van der Waals surface area contributed by atoms with Gasteiger partial charge in [-0.2, -0.15) is 0 Å². The molecule has 2 saturated heterocycles. The van der Waals surface area contributed by atoms with Crippen LogP contribution in [0.4, 0.5) is 0 Å². The van der Waals surface area contributed by atoms with E-state index in [1.165, 1.54) is 5.56 Å². The van der Waals surface area contributed by atoms with Crippen LogP contribution < -0.4 is 10.6 Å². The Bertz CT molecular complexity index is 599. The maximum Gasteiger partial charge on any atom is 0.243 e. The van der Waals surface area contributed by atoms with Crippen molar-refractivity contribution in [3.8, 4) is 0 Å². The molecule has 2 fully saturated rings. The maximum atomic E-state index is 12.7. The fraction of sp³-hybridized carbons (Fsp3) is 0.579. The summed E-state index contributed by atoms with van der Waals surface area (Å²) in [5.41, 5.74) is 2.27. The van der Waals surface area contributed by atoms with Crippen LogP contribution in [0.1, 0.15) is 37.3 Å². The summed E-state index contributed by atoms with van der Waals surface area (Å²) >= 11 is 0. The first-order chi connectivity index (χ1) is 11.5. The molecule has 3 rings (SSSR count). The van der Waals surface area contributed by atoms with Crippen molar-refractivity contribution < 1.29 is 9.59 Å². The van der Waals surface area contributed by atoms with Gasteiger partial charge in [-0.15, -0.1) is 0 Å². The van der Waals surface area contributed by atoms with Crippen LogP contribution in [0.2, 0.25) is 0 Å². The predicted molar refractivity (Wildman–Crippen MR) is 93.3 cm³/mol. The van der Waals surface area contributed by atoms with E-state index >= 15 is 0 Å². The molecule has 130 valence electrons. The summed E-state index contributed by atoms with van der Waals surface area (Å²) in [5.74, 6) is 0.506. The van der Waals surface area contributed by atoms with E-state index in [9.17, 15) is 9.59 Å². The number of nitrogens with one attached hydrogen (secondary N) is 2. The summed E-state index contributed by atoms with van der Waals surface area (Å²) in [4.78, 5) is 26.7. The lowest BCUT2D eigenvalue weighted by Crippen LogP contribution is -2.53. The summed E-state index contributed by atoms with van der Waals surface area (Å²) in [6.45, 7) is 6.58. The molecule has 2 heterocycles. The predicted octanol–water partition coefficient (Wildman–Crippen LogP) is 1.60. The standard InChI is InChI=1S/C19H27N3O2/c1-13-3-5-15(6-4-13)12-22-17(7-8-18(22)23)19(24)21-16-9-10-20-11-14(16)2/h3-6,14,16-17,20H,7-12H2,1-2H3,(H,21,24). The first kappa shape index (κ1) is 17.0.